The van der Waals surface area contributed by atoms with Crippen molar-refractivity contribution >= 4 is 12.2 Å². The van der Waals surface area contributed by atoms with Crippen LogP contribution in [0.2, 0.25) is 0 Å². The number of aromatic nitrogens is 1. The van der Waals surface area contributed by atoms with Gasteiger partial charge in [-0.2, -0.15) is 0 Å². The molecule has 254 valence electrons. The van der Waals surface area contributed by atoms with Crippen molar-refractivity contribution in [2.75, 3.05) is 14.2 Å². The Kier molecular flexibility index (Phi) is 11.2. The van der Waals surface area contributed by atoms with Crippen LogP contribution in [0.25, 0.3) is 12.2 Å². The summed E-state index contributed by atoms with van der Waals surface area (Å²) in [6.45, 7) is 42.1. The fourth-order valence-corrected chi connectivity index (χ4v) is 7.60. The fraction of sp³-hybridized carbons (Fsp3) is 0.349. The van der Waals surface area contributed by atoms with E-state index in [1.165, 1.54) is 11.1 Å². The molecule has 3 aliphatic rings. The maximum atomic E-state index is 5.86. The Morgan fingerprint density at radius 3 is 2.25 bits per heavy atom. The highest BCUT2D eigenvalue weighted by molar-refractivity contribution is 5.74. The quantitative estimate of drug-likeness (QED) is 0.160. The first-order chi connectivity index (χ1) is 22.7. The third-order valence-corrected chi connectivity index (χ3v) is 10.6. The van der Waals surface area contributed by atoms with Gasteiger partial charge in [-0.3, -0.25) is 0 Å². The number of aromatic amines is 1. The first kappa shape index (κ1) is 36.4. The van der Waals surface area contributed by atoms with Crippen LogP contribution in [0.4, 0.5) is 0 Å². The molecule has 3 unspecified atom stereocenters. The normalized spacial score (nSPS) is 29.6. The summed E-state index contributed by atoms with van der Waals surface area (Å²) < 4.78 is 5.86. The third-order valence-electron chi connectivity index (χ3n) is 10.6. The molecular formula is C43H56N4O. The number of rotatable bonds is 9. The summed E-state index contributed by atoms with van der Waals surface area (Å²) in [7, 11) is 3.54. The highest BCUT2D eigenvalue weighted by atomic mass is 16.5. The second kappa shape index (κ2) is 14.7. The van der Waals surface area contributed by atoms with Crippen molar-refractivity contribution < 1.29 is 4.74 Å². The summed E-state index contributed by atoms with van der Waals surface area (Å²) in [6.07, 6.45) is 11.3. The summed E-state index contributed by atoms with van der Waals surface area (Å²) in [5, 5.41) is 3.89. The van der Waals surface area contributed by atoms with E-state index in [2.05, 4.69) is 121 Å². The zero-order valence-electron chi connectivity index (χ0n) is 30.8. The van der Waals surface area contributed by atoms with Gasteiger partial charge < -0.3 is 20.5 Å². The molecule has 0 amide bonds. The second-order valence-corrected chi connectivity index (χ2v) is 13.4. The maximum absolute atomic E-state index is 5.86. The Bertz CT molecular complexity index is 1790. The highest BCUT2D eigenvalue weighted by Crippen LogP contribution is 2.53. The van der Waals surface area contributed by atoms with Crippen LogP contribution in [-0.2, 0) is 11.2 Å². The Morgan fingerprint density at radius 2 is 1.65 bits per heavy atom. The Balaban J connectivity index is 2.09. The molecule has 5 heteroatoms. The van der Waals surface area contributed by atoms with E-state index in [1.807, 2.05) is 13.1 Å². The van der Waals surface area contributed by atoms with Crippen LogP contribution in [0.15, 0.2) is 130 Å². The molecule has 0 spiro atoms. The number of fused-ring (bicyclic) bond motifs is 6. The van der Waals surface area contributed by atoms with Gasteiger partial charge in [0.05, 0.1) is 13.0 Å². The van der Waals surface area contributed by atoms with Gasteiger partial charge in [0.15, 0.2) is 0 Å². The summed E-state index contributed by atoms with van der Waals surface area (Å²) in [5.41, 5.74) is 24.8. The largest absolute Gasteiger partial charge is 0.501 e. The van der Waals surface area contributed by atoms with Crippen molar-refractivity contribution in [2.45, 2.75) is 67.7 Å². The van der Waals surface area contributed by atoms with E-state index < -0.39 is 0 Å². The number of ether oxygens (including phenoxy) is 1. The number of hydrogen-bond acceptors (Lipinski definition) is 4. The molecule has 4 N–H and O–H groups in total. The minimum atomic E-state index is -0.230. The number of H-pyrrole nitrogens is 1. The number of hydrogen-bond donors (Lipinski definition) is 4. The van der Waals surface area contributed by atoms with Gasteiger partial charge in [-0.05, 0) is 139 Å². The van der Waals surface area contributed by atoms with Crippen LogP contribution < -0.4 is 16.2 Å². The van der Waals surface area contributed by atoms with E-state index in [9.17, 15) is 0 Å². The molecule has 6 bridgehead atoms. The minimum absolute atomic E-state index is 0.168. The summed E-state index contributed by atoms with van der Waals surface area (Å²) in [6, 6.07) is 0. The van der Waals surface area contributed by atoms with Crippen LogP contribution in [0.1, 0.15) is 76.9 Å². The van der Waals surface area contributed by atoms with Gasteiger partial charge in [0.2, 0.25) is 0 Å². The molecule has 1 aromatic rings. The Hall–Kier alpha value is -4.48. The lowest BCUT2D eigenvalue weighted by atomic mass is 9.83. The molecule has 0 aromatic carbocycles. The van der Waals surface area contributed by atoms with E-state index in [4.69, 9.17) is 11.3 Å². The lowest BCUT2D eigenvalue weighted by molar-refractivity contribution is 0.267. The molecule has 1 aliphatic carbocycles. The van der Waals surface area contributed by atoms with Crippen molar-refractivity contribution in [3.63, 3.8) is 0 Å². The van der Waals surface area contributed by atoms with Crippen LogP contribution in [0.5, 0.6) is 0 Å². The molecule has 1 saturated heterocycles. The SMILES string of the molecule is C=CC1=C(\C)C(=C)/C=C2\N/C(=C3\C(=C)/C(=C(C)\C(C)=C\c4[nH]c(c(C)c4CC)\C=C\1C)C(=C)C3C(=C)OC)C(CCC(=C)NNC)C2C. The van der Waals surface area contributed by atoms with Gasteiger partial charge in [0, 0.05) is 47.4 Å². The van der Waals surface area contributed by atoms with Gasteiger partial charge in [-0.15, -0.1) is 0 Å². The molecule has 1 saturated carbocycles. The summed E-state index contributed by atoms with van der Waals surface area (Å²) in [4.78, 5) is 3.75. The Morgan fingerprint density at radius 1 is 0.979 bits per heavy atom. The number of methoxy groups -OCH3 is 1. The first-order valence-corrected chi connectivity index (χ1v) is 17.0. The lowest BCUT2D eigenvalue weighted by Crippen LogP contribution is -2.26. The molecule has 2 fully saturated rings. The zero-order valence-corrected chi connectivity index (χ0v) is 30.8. The average molecular weight is 645 g/mol. The summed E-state index contributed by atoms with van der Waals surface area (Å²) >= 11 is 0. The fourth-order valence-electron chi connectivity index (χ4n) is 7.60. The molecule has 3 atom stereocenters. The minimum Gasteiger partial charge on any atom is -0.501 e. The third kappa shape index (κ3) is 6.61. The van der Waals surface area contributed by atoms with Crippen LogP contribution in [-0.4, -0.2) is 19.1 Å². The smallest absolute Gasteiger partial charge is 0.100 e. The van der Waals surface area contributed by atoms with E-state index in [-0.39, 0.29) is 17.8 Å². The number of hydrazine groups is 1. The monoisotopic (exact) mass is 644 g/mol. The maximum Gasteiger partial charge on any atom is 0.100 e. The molecule has 48 heavy (non-hydrogen) atoms. The molecule has 5 nitrogen and oxygen atoms in total. The predicted octanol–water partition coefficient (Wildman–Crippen LogP) is 9.99. The van der Waals surface area contributed by atoms with Crippen molar-refractivity contribution in [3.05, 3.63) is 153 Å². The van der Waals surface area contributed by atoms with E-state index >= 15 is 0 Å². The van der Waals surface area contributed by atoms with Gasteiger partial charge in [0.25, 0.3) is 0 Å². The van der Waals surface area contributed by atoms with Crippen molar-refractivity contribution in [1.82, 2.24) is 21.2 Å². The molecule has 3 heterocycles. The van der Waals surface area contributed by atoms with Crippen LogP contribution >= 0.6 is 0 Å². The second-order valence-electron chi connectivity index (χ2n) is 13.4. The van der Waals surface area contributed by atoms with E-state index in [0.29, 0.717) is 5.76 Å². The molecule has 1 aromatic heterocycles. The van der Waals surface area contributed by atoms with Crippen LogP contribution in [0.3, 0.4) is 0 Å². The standard InChI is InChI=1S/C43H56N4O/c1-16-34-25(5)22-37-29(9)35(17-2)39(45-37)21-24(4)28(8)40-31(11)41(33(13)48-15)42(32(40)12)43-36(19-18-26(6)47-44-14)30(10)38(46-43)20-23(3)27(34)7/h16,20-22,30,36,41,44-47H,1,3,6,11-13,17-19H2,2,4-5,7-10,14-15H3/b24-21+,25-22+,34-27-,38-20-,40-28-,43-42+. The predicted molar refractivity (Wildman–Crippen MR) is 206 cm³/mol. The lowest BCUT2D eigenvalue weighted by Gasteiger charge is -2.22. The molecule has 4 rings (SSSR count). The van der Waals surface area contributed by atoms with E-state index in [0.717, 1.165) is 103 Å². The van der Waals surface area contributed by atoms with Crippen molar-refractivity contribution in [1.29, 1.82) is 0 Å². The van der Waals surface area contributed by atoms with E-state index in [1.54, 1.807) is 7.11 Å². The van der Waals surface area contributed by atoms with Gasteiger partial charge >= 0.3 is 0 Å². The van der Waals surface area contributed by atoms with Gasteiger partial charge in [-0.1, -0.05) is 59.4 Å². The molecular weight excluding hydrogens is 589 g/mol. The topological polar surface area (TPSA) is 61.1 Å². The highest BCUT2D eigenvalue weighted by Gasteiger charge is 2.43. The summed E-state index contributed by atoms with van der Waals surface area (Å²) in [5.74, 6) is 0.781. The van der Waals surface area contributed by atoms with Gasteiger partial charge in [-0.25, -0.2) is 5.43 Å². The zero-order chi connectivity index (χ0) is 35.6. The molecule has 0 radical (unpaired) electrons. The Labute approximate surface area is 289 Å². The van der Waals surface area contributed by atoms with Crippen molar-refractivity contribution in [2.24, 2.45) is 17.8 Å². The average Bonchev–Trinajstić information content (AvgIpc) is 3.61. The molecule has 2 aliphatic heterocycles. The number of nitrogens with one attached hydrogen (secondary N) is 4. The van der Waals surface area contributed by atoms with Gasteiger partial charge in [0.1, 0.15) is 5.76 Å². The number of allylic oxidation sites excluding steroid dienone is 14. The first-order valence-electron chi connectivity index (χ1n) is 17.0. The van der Waals surface area contributed by atoms with Crippen molar-refractivity contribution in [3.8, 4) is 0 Å². The van der Waals surface area contributed by atoms with Crippen LogP contribution in [0, 0.1) is 24.7 Å².